The van der Waals surface area contributed by atoms with E-state index in [1.807, 2.05) is 12.1 Å². The summed E-state index contributed by atoms with van der Waals surface area (Å²) in [5.41, 5.74) is 0.816. The van der Waals surface area contributed by atoms with E-state index in [-0.39, 0.29) is 5.82 Å². The number of nitrogens with zero attached hydrogens (tertiary/aromatic N) is 2. The molecule has 2 unspecified atom stereocenters. The Hall–Kier alpha value is -0.450. The van der Waals surface area contributed by atoms with Crippen molar-refractivity contribution in [1.29, 1.82) is 0 Å². The maximum absolute atomic E-state index is 13.9. The monoisotopic (exact) mass is 340 g/mol. The molecule has 2 heterocycles. The Kier molecular flexibility index (Phi) is 4.43. The first kappa shape index (κ1) is 14.5. The molecular formula is C16H22BrFN2. The minimum Gasteiger partial charge on any atom is -0.303 e. The van der Waals surface area contributed by atoms with Gasteiger partial charge in [0.1, 0.15) is 5.82 Å². The number of hydrogen-bond donors (Lipinski definition) is 0. The quantitative estimate of drug-likeness (QED) is 0.812. The van der Waals surface area contributed by atoms with Crippen LogP contribution in [0.1, 0.15) is 24.8 Å². The summed E-state index contributed by atoms with van der Waals surface area (Å²) in [6.45, 7) is 4.18. The van der Waals surface area contributed by atoms with Crippen LogP contribution in [-0.4, -0.2) is 42.5 Å². The fourth-order valence-corrected chi connectivity index (χ4v) is 4.10. The van der Waals surface area contributed by atoms with E-state index in [2.05, 4.69) is 32.8 Å². The Morgan fingerprint density at radius 2 is 2.15 bits per heavy atom. The van der Waals surface area contributed by atoms with Crippen molar-refractivity contribution in [1.82, 2.24) is 9.80 Å². The van der Waals surface area contributed by atoms with Gasteiger partial charge in [0.15, 0.2) is 0 Å². The third-order valence-corrected chi connectivity index (χ3v) is 5.33. The summed E-state index contributed by atoms with van der Waals surface area (Å²) in [4.78, 5) is 4.94. The lowest BCUT2D eigenvalue weighted by Gasteiger charge is -2.46. The van der Waals surface area contributed by atoms with Crippen LogP contribution < -0.4 is 0 Å². The summed E-state index contributed by atoms with van der Waals surface area (Å²) in [5.74, 6) is 0.670. The molecule has 0 bridgehead atoms. The summed E-state index contributed by atoms with van der Waals surface area (Å²) in [6, 6.07) is 6.14. The van der Waals surface area contributed by atoms with Crippen molar-refractivity contribution in [3.63, 3.8) is 0 Å². The molecule has 2 aliphatic heterocycles. The SMILES string of the molecule is CN1CCCC2CN(Cc3ccc(Br)cc3F)CCC21. The van der Waals surface area contributed by atoms with E-state index in [1.54, 1.807) is 6.07 Å². The smallest absolute Gasteiger partial charge is 0.128 e. The third-order valence-electron chi connectivity index (χ3n) is 4.84. The molecule has 4 heteroatoms. The Labute approximate surface area is 129 Å². The number of likely N-dealkylation sites (tertiary alicyclic amines) is 2. The average Bonchev–Trinajstić information content (AvgIpc) is 2.42. The van der Waals surface area contributed by atoms with Gasteiger partial charge in [-0.05, 0) is 57.5 Å². The van der Waals surface area contributed by atoms with Gasteiger partial charge in [-0.1, -0.05) is 22.0 Å². The number of benzene rings is 1. The lowest BCUT2D eigenvalue weighted by Crippen LogP contribution is -2.52. The number of rotatable bonds is 2. The summed E-state index contributed by atoms with van der Waals surface area (Å²) < 4.78 is 14.7. The lowest BCUT2D eigenvalue weighted by atomic mass is 9.84. The maximum Gasteiger partial charge on any atom is 0.128 e. The predicted molar refractivity (Wildman–Crippen MR) is 83.1 cm³/mol. The van der Waals surface area contributed by atoms with E-state index in [4.69, 9.17) is 0 Å². The van der Waals surface area contributed by atoms with E-state index < -0.39 is 0 Å². The van der Waals surface area contributed by atoms with E-state index in [1.165, 1.54) is 25.8 Å². The van der Waals surface area contributed by atoms with E-state index >= 15 is 0 Å². The van der Waals surface area contributed by atoms with Crippen LogP contribution in [0.4, 0.5) is 4.39 Å². The maximum atomic E-state index is 13.9. The van der Waals surface area contributed by atoms with Crippen LogP contribution in [0.2, 0.25) is 0 Å². The Morgan fingerprint density at radius 3 is 2.95 bits per heavy atom. The fraction of sp³-hybridized carbons (Fsp3) is 0.625. The molecule has 110 valence electrons. The standard InChI is InChI=1S/C16H22BrFN2/c1-19-7-2-3-13-11-20(8-6-16(13)19)10-12-4-5-14(17)9-15(12)18/h4-5,9,13,16H,2-3,6-8,10-11H2,1H3. The molecule has 0 saturated carbocycles. The minimum absolute atomic E-state index is 0.0951. The molecule has 0 spiro atoms. The van der Waals surface area contributed by atoms with Gasteiger partial charge in [-0.3, -0.25) is 4.90 Å². The van der Waals surface area contributed by atoms with Gasteiger partial charge >= 0.3 is 0 Å². The molecule has 2 fully saturated rings. The summed E-state index contributed by atoms with van der Waals surface area (Å²) in [6.07, 6.45) is 3.85. The second kappa shape index (κ2) is 6.12. The Bertz CT molecular complexity index is 480. The normalized spacial score (nSPS) is 28.4. The number of hydrogen-bond acceptors (Lipinski definition) is 2. The summed E-state index contributed by atoms with van der Waals surface area (Å²) in [5, 5.41) is 0. The lowest BCUT2D eigenvalue weighted by molar-refractivity contribution is 0.0351. The first-order chi connectivity index (χ1) is 9.63. The molecule has 1 aromatic carbocycles. The first-order valence-electron chi connectivity index (χ1n) is 7.50. The molecular weight excluding hydrogens is 319 g/mol. The molecule has 20 heavy (non-hydrogen) atoms. The molecule has 2 aliphatic rings. The molecule has 1 aromatic rings. The van der Waals surface area contributed by atoms with Crippen molar-refractivity contribution >= 4 is 15.9 Å². The molecule has 3 rings (SSSR count). The highest BCUT2D eigenvalue weighted by Gasteiger charge is 2.34. The van der Waals surface area contributed by atoms with Gasteiger partial charge < -0.3 is 4.90 Å². The van der Waals surface area contributed by atoms with Crippen LogP contribution in [0.15, 0.2) is 22.7 Å². The van der Waals surface area contributed by atoms with E-state index in [0.29, 0.717) is 0 Å². The molecule has 0 aliphatic carbocycles. The second-order valence-corrected chi connectivity index (χ2v) is 7.13. The Balaban J connectivity index is 1.64. The zero-order valence-corrected chi connectivity index (χ0v) is 13.6. The highest BCUT2D eigenvalue weighted by atomic mass is 79.9. The number of halogens is 2. The minimum atomic E-state index is -0.0951. The van der Waals surface area contributed by atoms with Crippen molar-refractivity contribution in [3.8, 4) is 0 Å². The second-order valence-electron chi connectivity index (χ2n) is 6.21. The predicted octanol–water partition coefficient (Wildman–Crippen LogP) is 3.50. The van der Waals surface area contributed by atoms with Crippen molar-refractivity contribution in [2.24, 2.45) is 5.92 Å². The van der Waals surface area contributed by atoms with Gasteiger partial charge in [-0.2, -0.15) is 0 Å². The van der Waals surface area contributed by atoms with E-state index in [0.717, 1.165) is 41.6 Å². The van der Waals surface area contributed by atoms with Crippen LogP contribution in [0, 0.1) is 11.7 Å². The van der Waals surface area contributed by atoms with Crippen molar-refractivity contribution in [3.05, 3.63) is 34.1 Å². The topological polar surface area (TPSA) is 6.48 Å². The van der Waals surface area contributed by atoms with Gasteiger partial charge in [0, 0.05) is 29.2 Å². The van der Waals surface area contributed by atoms with Crippen LogP contribution in [0.3, 0.4) is 0 Å². The first-order valence-corrected chi connectivity index (χ1v) is 8.29. The average molecular weight is 341 g/mol. The van der Waals surface area contributed by atoms with Crippen molar-refractivity contribution < 1.29 is 4.39 Å². The summed E-state index contributed by atoms with van der Waals surface area (Å²) >= 11 is 3.31. The van der Waals surface area contributed by atoms with Crippen LogP contribution in [0.25, 0.3) is 0 Å². The zero-order valence-electron chi connectivity index (χ0n) is 12.0. The van der Waals surface area contributed by atoms with Gasteiger partial charge in [-0.25, -0.2) is 4.39 Å². The Morgan fingerprint density at radius 1 is 1.30 bits per heavy atom. The van der Waals surface area contributed by atoms with Crippen LogP contribution >= 0.6 is 15.9 Å². The molecule has 0 aromatic heterocycles. The largest absolute Gasteiger partial charge is 0.303 e. The van der Waals surface area contributed by atoms with Gasteiger partial charge in [0.2, 0.25) is 0 Å². The molecule has 0 N–H and O–H groups in total. The molecule has 2 nitrogen and oxygen atoms in total. The zero-order chi connectivity index (χ0) is 14.1. The van der Waals surface area contributed by atoms with Gasteiger partial charge in [0.05, 0.1) is 0 Å². The highest BCUT2D eigenvalue weighted by molar-refractivity contribution is 9.10. The molecule has 0 amide bonds. The van der Waals surface area contributed by atoms with E-state index in [9.17, 15) is 4.39 Å². The van der Waals surface area contributed by atoms with Crippen LogP contribution in [-0.2, 0) is 6.54 Å². The molecule has 2 saturated heterocycles. The summed E-state index contributed by atoms with van der Waals surface area (Å²) in [7, 11) is 2.25. The van der Waals surface area contributed by atoms with Crippen molar-refractivity contribution in [2.75, 3.05) is 26.7 Å². The highest BCUT2D eigenvalue weighted by Crippen LogP contribution is 2.30. The third kappa shape index (κ3) is 3.07. The molecule has 0 radical (unpaired) electrons. The van der Waals surface area contributed by atoms with Gasteiger partial charge in [0.25, 0.3) is 0 Å². The molecule has 2 atom stereocenters. The number of piperidine rings is 2. The van der Waals surface area contributed by atoms with Crippen LogP contribution in [0.5, 0.6) is 0 Å². The van der Waals surface area contributed by atoms with Crippen molar-refractivity contribution in [2.45, 2.75) is 31.8 Å². The number of fused-ring (bicyclic) bond motifs is 1. The fourth-order valence-electron chi connectivity index (χ4n) is 3.76. The van der Waals surface area contributed by atoms with Gasteiger partial charge in [-0.15, -0.1) is 0 Å².